The first-order valence-corrected chi connectivity index (χ1v) is 39.1. The summed E-state index contributed by atoms with van der Waals surface area (Å²) in [6.45, 7) is 36.8. The zero-order valence-electron chi connectivity index (χ0n) is 38.9. The summed E-state index contributed by atoms with van der Waals surface area (Å²) in [4.78, 5) is 0. The Balaban J connectivity index is 6.69. The third-order valence-electron chi connectivity index (χ3n) is 12.8. The van der Waals surface area contributed by atoms with E-state index >= 15 is 0 Å². The fourth-order valence-corrected chi connectivity index (χ4v) is 41.0. The summed E-state index contributed by atoms with van der Waals surface area (Å²) >= 11 is 0. The van der Waals surface area contributed by atoms with Gasteiger partial charge in [-0.1, -0.05) is 30.3 Å². The number of hydrogen-bond acceptors (Lipinski definition) is 3. The molecule has 2 unspecified atom stereocenters. The SMILES string of the molecule is BBB(B)C(B(B)B)(B(B)BC[Si](C)(C)O[Si](C)(C)C(B(B)B)(B(B)BB)B(B)BCC)[Si](C)(C)O[Si](C)(C)C#CC#C[Si](C)(C)O[Si](C)(C)C. The molecule has 0 amide bonds. The smallest absolute Gasteiger partial charge is 0.257 e. The summed E-state index contributed by atoms with van der Waals surface area (Å²) < 4.78 is 22.1. The van der Waals surface area contributed by atoms with Gasteiger partial charge in [0.15, 0.2) is 33.3 Å². The molecule has 0 rings (SSSR count). The third kappa shape index (κ3) is 13.9. The zero-order valence-corrected chi connectivity index (χ0v) is 44.9. The molecule has 0 fully saturated rings. The van der Waals surface area contributed by atoms with Gasteiger partial charge in [0.05, 0.1) is 118 Å². The van der Waals surface area contributed by atoms with Crippen molar-refractivity contribution in [2.24, 2.45) is 0 Å². The maximum Gasteiger partial charge on any atom is 0.257 e. The number of hydrogen-bond donors (Lipinski definition) is 0. The van der Waals surface area contributed by atoms with Crippen molar-refractivity contribution in [3.63, 3.8) is 0 Å². The van der Waals surface area contributed by atoms with E-state index in [4.69, 9.17) is 12.3 Å². The van der Waals surface area contributed by atoms with E-state index in [1.807, 2.05) is 0 Å². The highest BCUT2D eigenvalue weighted by molar-refractivity contribution is 7.66. The van der Waals surface area contributed by atoms with E-state index < -0.39 is 49.9 Å². The summed E-state index contributed by atoms with van der Waals surface area (Å²) in [6.07, 6.45) is 1.25. The van der Waals surface area contributed by atoms with Crippen molar-refractivity contribution in [1.82, 2.24) is 0 Å². The predicted molar refractivity (Wildman–Crippen MR) is 299 cm³/mol. The lowest BCUT2D eigenvalue weighted by Crippen LogP contribution is -2.74. The maximum atomic E-state index is 7.75. The first-order valence-electron chi connectivity index (χ1n) is 20.9. The van der Waals surface area contributed by atoms with Gasteiger partial charge in [-0.2, -0.15) is 0 Å². The van der Waals surface area contributed by atoms with E-state index in [2.05, 4.69) is 192 Å². The molecule has 0 spiro atoms. The maximum absolute atomic E-state index is 7.75. The van der Waals surface area contributed by atoms with Crippen LogP contribution < -0.4 is 0 Å². The highest BCUT2D eigenvalue weighted by Crippen LogP contribution is 2.46. The minimum Gasteiger partial charge on any atom is -0.457 e. The van der Waals surface area contributed by atoms with Gasteiger partial charge in [0.1, 0.15) is 0 Å². The molecule has 0 aliphatic heterocycles. The second-order valence-electron chi connectivity index (χ2n) is 20.6. The van der Waals surface area contributed by atoms with Crippen LogP contribution in [0.15, 0.2) is 0 Å². The summed E-state index contributed by atoms with van der Waals surface area (Å²) in [7, 11) is 17.3. The van der Waals surface area contributed by atoms with E-state index in [0.29, 0.717) is 39.0 Å². The summed E-state index contributed by atoms with van der Waals surface area (Å²) in [5.74, 6) is 7.69. The average Bonchev–Trinajstić information content (AvgIpc) is 2.91. The van der Waals surface area contributed by atoms with Crippen molar-refractivity contribution in [3.05, 3.63) is 0 Å². The molecule has 0 saturated heterocycles. The summed E-state index contributed by atoms with van der Waals surface area (Å²) in [6, 6.07) is 0. The lowest BCUT2D eigenvalue weighted by atomic mass is 8.79. The lowest BCUT2D eigenvalue weighted by molar-refractivity contribution is 0.545. The molecule has 0 heterocycles. The normalized spacial score (nSPS) is 14.9. The first kappa shape index (κ1) is 52.6. The van der Waals surface area contributed by atoms with Gasteiger partial charge in [-0.15, -0.1) is 9.47 Å². The second kappa shape index (κ2) is 20.3. The molecule has 0 aliphatic carbocycles. The van der Waals surface area contributed by atoms with Crippen LogP contribution in [0.1, 0.15) is 6.92 Å². The Morgan fingerprint density at radius 2 is 0.882 bits per heavy atom. The van der Waals surface area contributed by atoms with E-state index in [0.717, 1.165) is 7.06 Å². The van der Waals surface area contributed by atoms with Gasteiger partial charge in [-0.25, -0.2) is 0 Å². The molecule has 260 valence electrons. The Bertz CT molecular complexity index is 1240. The first-order chi connectivity index (χ1) is 22.8. The van der Waals surface area contributed by atoms with Crippen LogP contribution in [0, 0.1) is 22.9 Å². The van der Waals surface area contributed by atoms with Crippen molar-refractivity contribution in [3.8, 4) is 22.9 Å². The molecule has 0 aromatic carbocycles. The van der Waals surface area contributed by atoms with Gasteiger partial charge in [-0.05, 0) is 97.0 Å². The molecule has 29 heteroatoms. The Labute approximate surface area is 341 Å². The second-order valence-corrected chi connectivity index (χ2v) is 45.7. The van der Waals surface area contributed by atoms with Gasteiger partial charge >= 0.3 is 0 Å². The Hall–Kier alpha value is 1.60. The van der Waals surface area contributed by atoms with Gasteiger partial charge in [-0.3, -0.25) is 0 Å². The summed E-state index contributed by atoms with van der Waals surface area (Å²) in [5.41, 5.74) is 7.02. The molecule has 0 N–H and O–H groups in total. The monoisotopic (exact) mass is 771 g/mol. The molecule has 2 atom stereocenters. The van der Waals surface area contributed by atoms with E-state index in [1.54, 1.807) is 0 Å². The van der Waals surface area contributed by atoms with E-state index in [9.17, 15) is 0 Å². The Morgan fingerprint density at radius 1 is 0.529 bits per heavy atom. The van der Waals surface area contributed by atoms with Crippen LogP contribution in [-0.4, -0.2) is 195 Å². The van der Waals surface area contributed by atoms with Crippen LogP contribution in [-0.2, 0) is 12.3 Å². The number of rotatable bonds is 21. The molecule has 51 heavy (non-hydrogen) atoms. The van der Waals surface area contributed by atoms with Crippen molar-refractivity contribution >= 4 is 195 Å². The Morgan fingerprint density at radius 3 is 1.22 bits per heavy atom. The molecule has 0 aromatic heterocycles. The lowest BCUT2D eigenvalue weighted by Gasteiger charge is -2.58. The fourth-order valence-electron chi connectivity index (χ4n) is 11.9. The largest absolute Gasteiger partial charge is 0.457 e. The molecule has 0 radical (unpaired) electrons. The molecule has 0 bridgehead atoms. The zero-order chi connectivity index (χ0) is 40.7. The highest BCUT2D eigenvalue weighted by atomic mass is 28.4. The van der Waals surface area contributed by atoms with Crippen LogP contribution in [0.25, 0.3) is 0 Å². The van der Waals surface area contributed by atoms with Gasteiger partial charge in [0.2, 0.25) is 0 Å². The predicted octanol–water partition coefficient (Wildman–Crippen LogP) is -7.07. The average molecular weight is 768 g/mol. The van der Waals surface area contributed by atoms with Crippen LogP contribution >= 0.6 is 0 Å². The third-order valence-corrected chi connectivity index (χ3v) is 35.8. The molecular weight excluding hydrogens is 697 g/mol. The minimum absolute atomic E-state index is 0.116. The van der Waals surface area contributed by atoms with Gasteiger partial charge in [0.25, 0.3) is 16.6 Å². The van der Waals surface area contributed by atoms with Gasteiger partial charge in [0, 0.05) is 27.1 Å². The quantitative estimate of drug-likeness (QED) is 0.0861. The molecular formula is C22H70B20O3Si6. The van der Waals surface area contributed by atoms with Crippen LogP contribution in [0.5, 0.6) is 0 Å². The van der Waals surface area contributed by atoms with Crippen LogP contribution in [0.4, 0.5) is 0 Å². The minimum atomic E-state index is -2.33. The highest BCUT2D eigenvalue weighted by Gasteiger charge is 2.60. The molecule has 3 nitrogen and oxygen atoms in total. The van der Waals surface area contributed by atoms with Gasteiger partial charge < -0.3 is 12.3 Å². The topological polar surface area (TPSA) is 27.7 Å². The van der Waals surface area contributed by atoms with E-state index in [-0.39, 0.29) is 9.47 Å². The molecule has 0 aliphatic rings. The molecule has 0 saturated carbocycles. The van der Waals surface area contributed by atoms with Crippen molar-refractivity contribution < 1.29 is 12.3 Å². The molecule has 0 aromatic rings. The fraction of sp³-hybridized carbons (Fsp3) is 0.818. The van der Waals surface area contributed by atoms with Crippen molar-refractivity contribution in [2.75, 3.05) is 0 Å². The van der Waals surface area contributed by atoms with Crippen LogP contribution in [0.3, 0.4) is 0 Å². The summed E-state index contributed by atoms with van der Waals surface area (Å²) in [5, 5.41) is 0. The van der Waals surface area contributed by atoms with E-state index in [1.165, 1.54) is 33.7 Å². The Kier molecular flexibility index (Phi) is 21.0. The van der Waals surface area contributed by atoms with Crippen molar-refractivity contribution in [1.29, 1.82) is 0 Å². The standard InChI is InChI=1S/C22H70B20O3Si6/c1-15-33-39(29)21(37(25)26,41(31)35-23)51(13,14)45-49(9,10)20-34-40(30)22(38(27)28,42(32)36-24)50(11,12)44-48(7,8)19-17-16-18-47(5,6)43-46(2,3)4/h33-36H,15,20,23-32H2,1-14H3. The van der Waals surface area contributed by atoms with Crippen LogP contribution in [0.2, 0.25) is 107 Å². The van der Waals surface area contributed by atoms with Crippen molar-refractivity contribution in [2.45, 2.75) is 114 Å².